The van der Waals surface area contributed by atoms with Gasteiger partial charge < -0.3 is 66.0 Å². The number of aliphatic carboxylic acids is 2. The number of hydrogen-bond acceptors (Lipinski definition) is 19. The van der Waals surface area contributed by atoms with Crippen molar-refractivity contribution in [3.05, 3.63) is 70.9 Å². The van der Waals surface area contributed by atoms with Gasteiger partial charge in [-0.15, -0.1) is 0 Å². The molecule has 13 atom stereocenters. The lowest BCUT2D eigenvalue weighted by Gasteiger charge is -2.63. The quantitative estimate of drug-likeness (QED) is 0.0251. The summed E-state index contributed by atoms with van der Waals surface area (Å²) in [5.41, 5.74) is 7.10. The molecular formula is C57H77N9O15S2. The lowest BCUT2D eigenvalue weighted by Crippen LogP contribution is -2.82. The van der Waals surface area contributed by atoms with Crippen molar-refractivity contribution in [3.63, 3.8) is 0 Å². The Bertz CT molecular complexity index is 3060. The standard InChI is InChI=1S/C57H77N9O15S2/c1-7-53(77)25-32-26-56(51(75)80-6,43-34(14-18-65(28-32)30-53)33-12-9-10-13-37(33)59-43)36-23-35-40(24-41(36)79-5)64(4)48-55(35)16-19-66-17-11-15-54(8-2,47(55)66)49(73)57(48,78)50(74)62-63-52(76)81-20-21-82-83-29-39(46(71)72)61-45(70)38(27-58)60-44(69)31(3)22-42(67)68/h9-13,15,23-24,31-32,38-39,47-49,59,73,77-78H,7-8,14,16-22,25-30,58H2,1-6H3,(H,60,69)(H,61,70)(H,62,74)(H,63,76)(H,67,68)(H,71,72)/t31-,32+,38-,39-,47-,48+,49+,53-,54+,55+,56-,57-/m0/s1. The number of carbonyl (C=O) groups is 7. The van der Waals surface area contributed by atoms with Crippen molar-refractivity contribution in [1.82, 2.24) is 36.3 Å². The SMILES string of the molecule is CC[C@]1(O)C[C@H]2CN(CCc3c([nH]c4ccccc34)[C@@](C(=O)OC)(c3cc4c(cc3OC)N(C)[C@H]3[C@@](O)(C(=O)NNC(=O)OCCSSC[C@H](NC(=O)[C@H](CN)NC(=O)[C@@H](C)CC(=O)O)C(=O)O)[C@H](O)[C@]5(CC)C=CCN6CC[C@]43[C@@H]65)C2)C1. The first kappa shape index (κ1) is 61.4. The van der Waals surface area contributed by atoms with Gasteiger partial charge in [0.15, 0.2) is 5.60 Å². The van der Waals surface area contributed by atoms with Crippen LogP contribution in [0.3, 0.4) is 0 Å². The van der Waals surface area contributed by atoms with Crippen molar-refractivity contribution in [2.75, 3.05) is 83.5 Å². The van der Waals surface area contributed by atoms with Crippen molar-refractivity contribution in [1.29, 1.82) is 0 Å². The minimum absolute atomic E-state index is 0.124. The predicted molar refractivity (Wildman–Crippen MR) is 308 cm³/mol. The van der Waals surface area contributed by atoms with E-state index in [1.165, 1.54) is 21.1 Å². The number of methoxy groups -OCH3 is 2. The number of nitrogens with two attached hydrogens (primary N) is 1. The first-order chi connectivity index (χ1) is 39.5. The van der Waals surface area contributed by atoms with Crippen LogP contribution in [0.5, 0.6) is 5.75 Å². The summed E-state index contributed by atoms with van der Waals surface area (Å²) in [4.78, 5) is 102. The molecule has 0 radical (unpaired) electrons. The lowest BCUT2D eigenvalue weighted by molar-refractivity contribution is -0.204. The van der Waals surface area contributed by atoms with E-state index in [4.69, 9.17) is 25.1 Å². The highest BCUT2D eigenvalue weighted by Crippen LogP contribution is 2.67. The molecule has 6 heterocycles. The molecule has 26 heteroatoms. The van der Waals surface area contributed by atoms with E-state index >= 15 is 9.59 Å². The molecule has 4 amide bonds. The van der Waals surface area contributed by atoms with Gasteiger partial charge in [-0.2, -0.15) is 0 Å². The molecule has 1 spiro atoms. The zero-order valence-electron chi connectivity index (χ0n) is 47.5. The monoisotopic (exact) mass is 1190 g/mol. The number of aromatic amines is 1. The Hall–Kier alpha value is -6.13. The van der Waals surface area contributed by atoms with Crippen LogP contribution in [0.1, 0.15) is 81.7 Å². The number of carboxylic acids is 2. The number of H-pyrrole nitrogens is 1. The highest BCUT2D eigenvalue weighted by atomic mass is 33.1. The third kappa shape index (κ3) is 10.6. The molecule has 1 unspecified atom stereocenters. The highest BCUT2D eigenvalue weighted by molar-refractivity contribution is 8.76. The maximum Gasteiger partial charge on any atom is 0.426 e. The Morgan fingerprint density at radius 1 is 0.928 bits per heavy atom. The number of aromatic nitrogens is 1. The van der Waals surface area contributed by atoms with Crippen LogP contribution >= 0.6 is 21.6 Å². The van der Waals surface area contributed by atoms with Gasteiger partial charge in [0, 0.05) is 108 Å². The zero-order valence-corrected chi connectivity index (χ0v) is 49.2. The number of fused-ring (bicyclic) bond motifs is 6. The number of esters is 1. The molecule has 2 bridgehead atoms. The first-order valence-electron chi connectivity index (χ1n) is 28.2. The average molecular weight is 1190 g/mol. The molecule has 452 valence electrons. The second kappa shape index (κ2) is 24.1. The van der Waals surface area contributed by atoms with Crippen LogP contribution in [-0.4, -0.2) is 202 Å². The number of para-hydroxylation sites is 1. The number of carboxylic acid groups (broad SMARTS) is 2. The number of anilines is 1. The number of hydrogen-bond donors (Lipinski definition) is 11. The number of aliphatic hydroxyl groups excluding tert-OH is 1. The second-order valence-electron chi connectivity index (χ2n) is 23.1. The number of hydrazine groups is 1. The molecule has 6 aliphatic rings. The lowest BCUT2D eigenvalue weighted by atomic mass is 9.47. The number of nitrogens with zero attached hydrogens (tertiary/aromatic N) is 3. The Labute approximate surface area is 488 Å². The van der Waals surface area contributed by atoms with Crippen molar-refractivity contribution in [2.24, 2.45) is 23.0 Å². The van der Waals surface area contributed by atoms with Crippen LogP contribution in [0, 0.1) is 17.3 Å². The van der Waals surface area contributed by atoms with Crippen molar-refractivity contribution in [3.8, 4) is 5.75 Å². The average Bonchev–Trinajstić information content (AvgIpc) is 1.64. The molecule has 1 aromatic heterocycles. The van der Waals surface area contributed by atoms with Crippen molar-refractivity contribution >= 4 is 79.9 Å². The highest BCUT2D eigenvalue weighted by Gasteiger charge is 2.79. The number of likely N-dealkylation sites (N-methyl/N-ethyl adjacent to an activating group) is 1. The Morgan fingerprint density at radius 3 is 2.36 bits per heavy atom. The van der Waals surface area contributed by atoms with Crippen LogP contribution < -0.4 is 36.9 Å². The Balaban J connectivity index is 0.981. The summed E-state index contributed by atoms with van der Waals surface area (Å²) in [7, 11) is 6.83. The van der Waals surface area contributed by atoms with E-state index in [1.807, 2.05) is 67.3 Å². The number of benzene rings is 2. The van der Waals surface area contributed by atoms with E-state index in [0.29, 0.717) is 87.5 Å². The largest absolute Gasteiger partial charge is 0.496 e. The smallest absolute Gasteiger partial charge is 0.426 e. The third-order valence-corrected chi connectivity index (χ3v) is 21.0. The van der Waals surface area contributed by atoms with Crippen LogP contribution in [0.15, 0.2) is 48.6 Å². The van der Waals surface area contributed by atoms with Gasteiger partial charge in [-0.1, -0.05) is 72.7 Å². The Kier molecular flexibility index (Phi) is 17.8. The number of aliphatic hydroxyl groups is 3. The van der Waals surface area contributed by atoms with Gasteiger partial charge in [-0.3, -0.25) is 39.2 Å². The molecule has 1 saturated carbocycles. The van der Waals surface area contributed by atoms with E-state index in [1.54, 1.807) is 7.05 Å². The molecule has 2 saturated heterocycles. The van der Waals surface area contributed by atoms with Crippen LogP contribution in [0.25, 0.3) is 10.9 Å². The topological polar surface area (TPSA) is 348 Å². The van der Waals surface area contributed by atoms with E-state index in [9.17, 15) is 44.4 Å². The Morgan fingerprint density at radius 2 is 1.67 bits per heavy atom. The van der Waals surface area contributed by atoms with E-state index < -0.39 is 112 Å². The summed E-state index contributed by atoms with van der Waals surface area (Å²) in [5, 5.41) is 63.0. The molecular weight excluding hydrogens is 1110 g/mol. The van der Waals surface area contributed by atoms with Gasteiger partial charge in [0.05, 0.1) is 32.3 Å². The van der Waals surface area contributed by atoms with E-state index in [0.717, 1.165) is 43.6 Å². The summed E-state index contributed by atoms with van der Waals surface area (Å²) >= 11 is 0. The summed E-state index contributed by atoms with van der Waals surface area (Å²) in [6.07, 6.45) is 3.04. The molecule has 12 N–H and O–H groups in total. The molecule has 1 aliphatic carbocycles. The first-order valence-corrected chi connectivity index (χ1v) is 30.7. The molecule has 3 aromatic rings. The van der Waals surface area contributed by atoms with Gasteiger partial charge in [-0.25, -0.2) is 15.0 Å². The molecule has 2 aromatic carbocycles. The number of amides is 4. The van der Waals surface area contributed by atoms with Gasteiger partial charge in [0.25, 0.3) is 5.91 Å². The fraction of sp³-hybridized carbons (Fsp3) is 0.596. The summed E-state index contributed by atoms with van der Waals surface area (Å²) in [6, 6.07) is 7.44. The number of piperidine rings is 1. The second-order valence-corrected chi connectivity index (χ2v) is 25.8. The fourth-order valence-electron chi connectivity index (χ4n) is 15.0. The number of rotatable bonds is 20. The fourth-order valence-corrected chi connectivity index (χ4v) is 16.9. The molecule has 24 nitrogen and oxygen atoms in total. The van der Waals surface area contributed by atoms with Crippen LogP contribution in [0.4, 0.5) is 10.5 Å². The molecule has 83 heavy (non-hydrogen) atoms. The normalized spacial score (nSPS) is 30.6. The van der Waals surface area contributed by atoms with Crippen molar-refractivity contribution < 1.29 is 73.3 Å². The summed E-state index contributed by atoms with van der Waals surface area (Å²) in [6.45, 7) is 7.49. The number of nitrogens with one attached hydrogen (secondary N) is 5. The van der Waals surface area contributed by atoms with Gasteiger partial charge in [0.2, 0.25) is 11.8 Å². The predicted octanol–water partition coefficient (Wildman–Crippen LogP) is 1.51. The van der Waals surface area contributed by atoms with E-state index in [2.05, 4.69) is 36.3 Å². The van der Waals surface area contributed by atoms with Gasteiger partial charge in [0.1, 0.15) is 36.0 Å². The van der Waals surface area contributed by atoms with Gasteiger partial charge in [-0.05, 0) is 74.2 Å². The summed E-state index contributed by atoms with van der Waals surface area (Å²) < 4.78 is 17.7. The van der Waals surface area contributed by atoms with Crippen molar-refractivity contribution in [2.45, 2.75) is 118 Å². The minimum atomic E-state index is -2.63. The molecule has 3 fully saturated rings. The van der Waals surface area contributed by atoms with Crippen LogP contribution in [-0.2, 0) is 55.5 Å². The minimum Gasteiger partial charge on any atom is -0.496 e. The zero-order chi connectivity index (χ0) is 60.0. The van der Waals surface area contributed by atoms with Crippen LogP contribution in [0.2, 0.25) is 0 Å². The third-order valence-electron chi connectivity index (χ3n) is 18.6. The number of carbonyl (C=O) groups excluding carboxylic acids is 5. The maximum absolute atomic E-state index is 15.5. The summed E-state index contributed by atoms with van der Waals surface area (Å²) in [5.74, 6) is -6.67. The molecule has 5 aliphatic heterocycles. The van der Waals surface area contributed by atoms with E-state index in [-0.39, 0.29) is 37.0 Å². The number of ether oxygens (including phenoxy) is 3. The van der Waals surface area contributed by atoms with Gasteiger partial charge >= 0.3 is 24.0 Å². The molecule has 9 rings (SSSR count). The maximum atomic E-state index is 15.5.